The highest BCUT2D eigenvalue weighted by molar-refractivity contribution is 5.97. The van der Waals surface area contributed by atoms with Crippen LogP contribution in [0.4, 0.5) is 5.69 Å². The van der Waals surface area contributed by atoms with Crippen LogP contribution >= 0.6 is 0 Å². The summed E-state index contributed by atoms with van der Waals surface area (Å²) in [5.74, 6) is -0.0535. The zero-order valence-corrected chi connectivity index (χ0v) is 9.11. The minimum absolute atomic E-state index is 0.169. The number of ether oxygens (including phenoxy) is 1. The smallest absolute Gasteiger partial charge is 0.252 e. The molecule has 16 heavy (non-hydrogen) atoms. The Morgan fingerprint density at radius 2 is 2.00 bits per heavy atom. The molecule has 1 aromatic carbocycles. The first-order valence-corrected chi connectivity index (χ1v) is 5.53. The average Bonchev–Trinajstić information content (AvgIpc) is 2.73. The summed E-state index contributed by atoms with van der Waals surface area (Å²) in [6, 6.07) is 5.07. The van der Waals surface area contributed by atoms with E-state index in [1.165, 1.54) is 12.8 Å². The van der Waals surface area contributed by atoms with Crippen molar-refractivity contribution >= 4 is 11.6 Å². The molecule has 0 unspecified atom stereocenters. The Labute approximate surface area is 94.6 Å². The average molecular weight is 220 g/mol. The van der Waals surface area contributed by atoms with Crippen LogP contribution in [0.15, 0.2) is 18.2 Å². The van der Waals surface area contributed by atoms with E-state index in [2.05, 4.69) is 0 Å². The number of hydrogen-bond donors (Lipinski definition) is 2. The van der Waals surface area contributed by atoms with Crippen molar-refractivity contribution in [3.63, 3.8) is 0 Å². The number of benzene rings is 1. The normalized spacial score (nSPS) is 16.2. The van der Waals surface area contributed by atoms with Gasteiger partial charge in [-0.25, -0.2) is 0 Å². The Bertz CT molecular complexity index is 398. The maximum atomic E-state index is 11.2. The minimum Gasteiger partial charge on any atom is -0.487 e. The predicted molar refractivity (Wildman–Crippen MR) is 62.3 cm³/mol. The van der Waals surface area contributed by atoms with Gasteiger partial charge in [-0.2, -0.15) is 0 Å². The number of anilines is 1. The molecular weight excluding hydrogens is 204 g/mol. The molecule has 0 radical (unpaired) electrons. The van der Waals surface area contributed by atoms with Crippen LogP contribution < -0.4 is 16.2 Å². The fraction of sp³-hybridized carbons (Fsp3) is 0.417. The lowest BCUT2D eigenvalue weighted by Gasteiger charge is -2.16. The summed E-state index contributed by atoms with van der Waals surface area (Å²) >= 11 is 0. The first-order chi connectivity index (χ1) is 7.68. The Balaban J connectivity index is 2.26. The number of primary amides is 1. The molecule has 0 aliphatic heterocycles. The molecule has 0 saturated heterocycles. The highest BCUT2D eigenvalue weighted by atomic mass is 16.5. The van der Waals surface area contributed by atoms with Crippen LogP contribution in [-0.4, -0.2) is 12.0 Å². The van der Waals surface area contributed by atoms with Gasteiger partial charge in [0.2, 0.25) is 0 Å². The van der Waals surface area contributed by atoms with Crippen molar-refractivity contribution in [2.24, 2.45) is 5.73 Å². The van der Waals surface area contributed by atoms with Gasteiger partial charge in [-0.05, 0) is 37.8 Å². The van der Waals surface area contributed by atoms with Crippen LogP contribution in [0.1, 0.15) is 36.0 Å². The van der Waals surface area contributed by atoms with Crippen molar-refractivity contribution in [1.29, 1.82) is 0 Å². The standard InChI is InChI=1S/C12H16N2O2/c13-10-7-3-6-9(12(14)15)11(10)16-8-4-1-2-5-8/h3,6-8H,1-2,4-5,13H2,(H2,14,15). The van der Waals surface area contributed by atoms with Gasteiger partial charge in [0.1, 0.15) is 0 Å². The maximum absolute atomic E-state index is 11.2. The van der Waals surface area contributed by atoms with Gasteiger partial charge in [-0.3, -0.25) is 4.79 Å². The van der Waals surface area contributed by atoms with Crippen molar-refractivity contribution in [3.8, 4) is 5.75 Å². The van der Waals surface area contributed by atoms with Gasteiger partial charge in [0.15, 0.2) is 5.75 Å². The number of nitrogen functional groups attached to an aromatic ring is 1. The fourth-order valence-electron chi connectivity index (χ4n) is 2.05. The molecule has 2 rings (SSSR count). The van der Waals surface area contributed by atoms with E-state index in [0.29, 0.717) is 17.0 Å². The SMILES string of the molecule is NC(=O)c1cccc(N)c1OC1CCCC1. The molecule has 0 atom stereocenters. The Morgan fingerprint density at radius 3 is 2.62 bits per heavy atom. The molecule has 1 fully saturated rings. The van der Waals surface area contributed by atoms with E-state index >= 15 is 0 Å². The van der Waals surface area contributed by atoms with Crippen molar-refractivity contribution in [2.75, 3.05) is 5.73 Å². The molecule has 4 heteroatoms. The summed E-state index contributed by atoms with van der Waals surface area (Å²) in [5.41, 5.74) is 11.9. The number of hydrogen-bond acceptors (Lipinski definition) is 3. The summed E-state index contributed by atoms with van der Waals surface area (Å²) in [4.78, 5) is 11.2. The molecule has 0 spiro atoms. The summed E-state index contributed by atoms with van der Waals surface area (Å²) < 4.78 is 5.77. The van der Waals surface area contributed by atoms with Gasteiger partial charge in [0.25, 0.3) is 5.91 Å². The number of nitrogens with two attached hydrogens (primary N) is 2. The molecule has 1 aromatic rings. The third kappa shape index (κ3) is 2.10. The van der Waals surface area contributed by atoms with E-state index in [-0.39, 0.29) is 6.10 Å². The highest BCUT2D eigenvalue weighted by Crippen LogP contribution is 2.31. The van der Waals surface area contributed by atoms with Gasteiger partial charge < -0.3 is 16.2 Å². The molecule has 1 aliphatic rings. The summed E-state index contributed by atoms with van der Waals surface area (Å²) in [7, 11) is 0. The second kappa shape index (κ2) is 4.43. The number of carbonyl (C=O) groups is 1. The predicted octanol–water partition coefficient (Wildman–Crippen LogP) is 1.69. The van der Waals surface area contributed by atoms with Crippen LogP contribution in [0.5, 0.6) is 5.75 Å². The van der Waals surface area contributed by atoms with Crippen molar-refractivity contribution < 1.29 is 9.53 Å². The number of amides is 1. The van der Waals surface area contributed by atoms with Crippen LogP contribution in [0, 0.1) is 0 Å². The lowest BCUT2D eigenvalue weighted by atomic mass is 10.1. The lowest BCUT2D eigenvalue weighted by Crippen LogP contribution is -2.18. The largest absolute Gasteiger partial charge is 0.487 e. The van der Waals surface area contributed by atoms with Crippen LogP contribution in [0.25, 0.3) is 0 Å². The molecule has 1 saturated carbocycles. The van der Waals surface area contributed by atoms with E-state index in [4.69, 9.17) is 16.2 Å². The zero-order chi connectivity index (χ0) is 11.5. The van der Waals surface area contributed by atoms with Crippen molar-refractivity contribution in [2.45, 2.75) is 31.8 Å². The van der Waals surface area contributed by atoms with E-state index in [1.807, 2.05) is 0 Å². The Hall–Kier alpha value is -1.71. The maximum Gasteiger partial charge on any atom is 0.252 e. The second-order valence-corrected chi connectivity index (χ2v) is 4.11. The monoisotopic (exact) mass is 220 g/mol. The van der Waals surface area contributed by atoms with Gasteiger partial charge in [-0.15, -0.1) is 0 Å². The van der Waals surface area contributed by atoms with Crippen LogP contribution in [0.3, 0.4) is 0 Å². The Kier molecular flexibility index (Phi) is 2.99. The topological polar surface area (TPSA) is 78.3 Å². The lowest BCUT2D eigenvalue weighted by molar-refractivity contribution is 0.0993. The fourth-order valence-corrected chi connectivity index (χ4v) is 2.05. The minimum atomic E-state index is -0.500. The molecule has 0 heterocycles. The molecule has 1 aliphatic carbocycles. The Morgan fingerprint density at radius 1 is 1.31 bits per heavy atom. The molecule has 4 nitrogen and oxygen atoms in total. The molecule has 4 N–H and O–H groups in total. The summed E-state index contributed by atoms with van der Waals surface area (Å²) in [6.45, 7) is 0. The summed E-state index contributed by atoms with van der Waals surface area (Å²) in [5, 5.41) is 0. The van der Waals surface area contributed by atoms with Gasteiger partial charge in [-0.1, -0.05) is 6.07 Å². The van der Waals surface area contributed by atoms with Crippen molar-refractivity contribution in [3.05, 3.63) is 23.8 Å². The van der Waals surface area contributed by atoms with Crippen LogP contribution in [0.2, 0.25) is 0 Å². The molecular formula is C12H16N2O2. The first kappa shape index (κ1) is 10.8. The molecule has 0 aromatic heterocycles. The molecule has 86 valence electrons. The third-order valence-electron chi connectivity index (χ3n) is 2.90. The number of para-hydroxylation sites is 1. The van der Waals surface area contributed by atoms with E-state index in [0.717, 1.165) is 12.8 Å². The van der Waals surface area contributed by atoms with Crippen molar-refractivity contribution in [1.82, 2.24) is 0 Å². The zero-order valence-electron chi connectivity index (χ0n) is 9.11. The number of rotatable bonds is 3. The van der Waals surface area contributed by atoms with E-state index in [1.54, 1.807) is 18.2 Å². The third-order valence-corrected chi connectivity index (χ3v) is 2.90. The molecule has 1 amide bonds. The van der Waals surface area contributed by atoms with E-state index < -0.39 is 5.91 Å². The number of carbonyl (C=O) groups excluding carboxylic acids is 1. The first-order valence-electron chi connectivity index (χ1n) is 5.53. The van der Waals surface area contributed by atoms with Gasteiger partial charge >= 0.3 is 0 Å². The van der Waals surface area contributed by atoms with Gasteiger partial charge in [0.05, 0.1) is 17.4 Å². The van der Waals surface area contributed by atoms with Gasteiger partial charge in [0, 0.05) is 0 Å². The highest BCUT2D eigenvalue weighted by Gasteiger charge is 2.20. The second-order valence-electron chi connectivity index (χ2n) is 4.11. The quantitative estimate of drug-likeness (QED) is 0.761. The molecule has 0 bridgehead atoms. The van der Waals surface area contributed by atoms with E-state index in [9.17, 15) is 4.79 Å². The summed E-state index contributed by atoms with van der Waals surface area (Å²) in [6.07, 6.45) is 4.55. The van der Waals surface area contributed by atoms with Crippen LogP contribution in [-0.2, 0) is 0 Å².